The van der Waals surface area contributed by atoms with Gasteiger partial charge in [0, 0.05) is 12.5 Å². The lowest BCUT2D eigenvalue weighted by atomic mass is 9.98. The van der Waals surface area contributed by atoms with Gasteiger partial charge in [0.15, 0.2) is 0 Å². The first-order valence-electron chi connectivity index (χ1n) is 6.40. The van der Waals surface area contributed by atoms with Crippen LogP contribution in [0.3, 0.4) is 0 Å². The third kappa shape index (κ3) is 2.48. The molecule has 0 fully saturated rings. The summed E-state index contributed by atoms with van der Waals surface area (Å²) in [6, 6.07) is 7.98. The summed E-state index contributed by atoms with van der Waals surface area (Å²) < 4.78 is 5.27. The molecule has 1 aromatic rings. The predicted octanol–water partition coefficient (Wildman–Crippen LogP) is 2.48. The maximum Gasteiger partial charge on any atom is 0.414 e. The Morgan fingerprint density at radius 1 is 1.50 bits per heavy atom. The molecule has 98 valence electrons. The van der Waals surface area contributed by atoms with Gasteiger partial charge in [0.2, 0.25) is 0 Å². The molecule has 0 aliphatic carbocycles. The monoisotopic (exact) mass is 248 g/mol. The molecule has 1 amide bonds. The molecule has 18 heavy (non-hydrogen) atoms. The van der Waals surface area contributed by atoms with Crippen LogP contribution in [0, 0.1) is 0 Å². The number of carbonyl (C=O) groups is 1. The summed E-state index contributed by atoms with van der Waals surface area (Å²) in [5.74, 6) is 0.325. The second-order valence-corrected chi connectivity index (χ2v) is 4.88. The minimum atomic E-state index is -0.267. The van der Waals surface area contributed by atoms with Crippen molar-refractivity contribution in [2.45, 2.75) is 32.3 Å². The molecule has 1 aliphatic rings. The molecule has 0 bridgehead atoms. The molecule has 4 nitrogen and oxygen atoms in total. The van der Waals surface area contributed by atoms with E-state index in [-0.39, 0.29) is 12.2 Å². The van der Waals surface area contributed by atoms with Gasteiger partial charge in [-0.15, -0.1) is 0 Å². The SMILES string of the molecule is CC(C)OC(=O)N1CC(CCN)c2ccccc21. The van der Waals surface area contributed by atoms with Crippen LogP contribution in [0.15, 0.2) is 24.3 Å². The number of fused-ring (bicyclic) bond motifs is 1. The average Bonchev–Trinajstić information content (AvgIpc) is 2.68. The second-order valence-electron chi connectivity index (χ2n) is 4.88. The smallest absolute Gasteiger partial charge is 0.414 e. The number of hydrogen-bond donors (Lipinski definition) is 1. The molecule has 1 aromatic carbocycles. The Bertz CT molecular complexity index is 432. The van der Waals surface area contributed by atoms with Crippen molar-refractivity contribution in [2.75, 3.05) is 18.0 Å². The Balaban J connectivity index is 2.22. The Kier molecular flexibility index (Phi) is 3.87. The van der Waals surface area contributed by atoms with Gasteiger partial charge in [0.25, 0.3) is 0 Å². The number of nitrogens with zero attached hydrogens (tertiary/aromatic N) is 1. The number of nitrogens with two attached hydrogens (primary N) is 1. The maximum atomic E-state index is 12.0. The zero-order valence-corrected chi connectivity index (χ0v) is 10.9. The third-order valence-corrected chi connectivity index (χ3v) is 3.14. The first-order chi connectivity index (χ1) is 8.63. The van der Waals surface area contributed by atoms with Crippen LogP contribution in [0.5, 0.6) is 0 Å². The number of rotatable bonds is 3. The van der Waals surface area contributed by atoms with Crippen LogP contribution < -0.4 is 10.6 Å². The Morgan fingerprint density at radius 3 is 2.89 bits per heavy atom. The van der Waals surface area contributed by atoms with Crippen molar-refractivity contribution in [1.29, 1.82) is 0 Å². The molecule has 0 spiro atoms. The van der Waals surface area contributed by atoms with Crippen LogP contribution in [0.2, 0.25) is 0 Å². The van der Waals surface area contributed by atoms with Crippen molar-refractivity contribution >= 4 is 11.8 Å². The van der Waals surface area contributed by atoms with Crippen molar-refractivity contribution < 1.29 is 9.53 Å². The largest absolute Gasteiger partial charge is 0.446 e. The molecule has 1 unspecified atom stereocenters. The molecule has 0 aromatic heterocycles. The minimum Gasteiger partial charge on any atom is -0.446 e. The molecule has 0 radical (unpaired) electrons. The number of anilines is 1. The molecule has 2 N–H and O–H groups in total. The molecule has 0 saturated carbocycles. The highest BCUT2D eigenvalue weighted by molar-refractivity contribution is 5.90. The van der Waals surface area contributed by atoms with Gasteiger partial charge >= 0.3 is 6.09 Å². The average molecular weight is 248 g/mol. The number of amides is 1. The lowest BCUT2D eigenvalue weighted by Crippen LogP contribution is -2.32. The molecular formula is C14H20N2O2. The highest BCUT2D eigenvalue weighted by Gasteiger charge is 2.32. The first-order valence-corrected chi connectivity index (χ1v) is 6.40. The topological polar surface area (TPSA) is 55.6 Å². The zero-order valence-electron chi connectivity index (χ0n) is 10.9. The fourth-order valence-electron chi connectivity index (χ4n) is 2.38. The van der Waals surface area contributed by atoms with E-state index in [0.29, 0.717) is 19.0 Å². The highest BCUT2D eigenvalue weighted by atomic mass is 16.6. The summed E-state index contributed by atoms with van der Waals surface area (Å²) in [4.78, 5) is 13.8. The van der Waals surface area contributed by atoms with E-state index in [1.807, 2.05) is 32.0 Å². The molecule has 1 atom stereocenters. The lowest BCUT2D eigenvalue weighted by molar-refractivity contribution is 0.123. The molecule has 1 heterocycles. The van der Waals surface area contributed by atoms with E-state index in [0.717, 1.165) is 12.1 Å². The van der Waals surface area contributed by atoms with E-state index in [1.54, 1.807) is 4.90 Å². The normalized spacial score (nSPS) is 18.0. The van der Waals surface area contributed by atoms with Crippen LogP contribution in [-0.4, -0.2) is 25.3 Å². The number of ether oxygens (including phenoxy) is 1. The Hall–Kier alpha value is -1.55. The summed E-state index contributed by atoms with van der Waals surface area (Å²) in [7, 11) is 0. The molecule has 4 heteroatoms. The summed E-state index contributed by atoms with van der Waals surface area (Å²) in [5.41, 5.74) is 7.79. The van der Waals surface area contributed by atoms with Crippen molar-refractivity contribution in [2.24, 2.45) is 5.73 Å². The number of carbonyl (C=O) groups excluding carboxylic acids is 1. The fraction of sp³-hybridized carbons (Fsp3) is 0.500. The minimum absolute atomic E-state index is 0.0989. The summed E-state index contributed by atoms with van der Waals surface area (Å²) in [6.45, 7) is 5.02. The molecule has 2 rings (SSSR count). The fourth-order valence-corrected chi connectivity index (χ4v) is 2.38. The lowest BCUT2D eigenvalue weighted by Gasteiger charge is -2.19. The third-order valence-electron chi connectivity index (χ3n) is 3.14. The van der Waals surface area contributed by atoms with Gasteiger partial charge in [-0.2, -0.15) is 0 Å². The van der Waals surface area contributed by atoms with Crippen molar-refractivity contribution in [1.82, 2.24) is 0 Å². The van der Waals surface area contributed by atoms with E-state index in [2.05, 4.69) is 6.07 Å². The van der Waals surface area contributed by atoms with Crippen LogP contribution in [0.4, 0.5) is 10.5 Å². The number of benzene rings is 1. The van der Waals surface area contributed by atoms with E-state index in [4.69, 9.17) is 10.5 Å². The van der Waals surface area contributed by atoms with Crippen LogP contribution in [-0.2, 0) is 4.74 Å². The van der Waals surface area contributed by atoms with Crippen LogP contribution in [0.25, 0.3) is 0 Å². The standard InChI is InChI=1S/C14H20N2O2/c1-10(2)18-14(17)16-9-11(7-8-15)12-5-3-4-6-13(12)16/h3-6,10-11H,7-9,15H2,1-2H3. The van der Waals surface area contributed by atoms with Gasteiger partial charge in [-0.25, -0.2) is 4.79 Å². The Labute approximate surface area is 108 Å². The van der Waals surface area contributed by atoms with E-state index >= 15 is 0 Å². The maximum absolute atomic E-state index is 12.0. The second kappa shape index (κ2) is 5.40. The highest BCUT2D eigenvalue weighted by Crippen LogP contribution is 2.37. The van der Waals surface area contributed by atoms with Gasteiger partial charge in [0.05, 0.1) is 11.8 Å². The zero-order chi connectivity index (χ0) is 13.1. The van der Waals surface area contributed by atoms with Crippen LogP contribution >= 0.6 is 0 Å². The quantitative estimate of drug-likeness (QED) is 0.894. The first kappa shape index (κ1) is 12.9. The Morgan fingerprint density at radius 2 is 2.22 bits per heavy atom. The van der Waals surface area contributed by atoms with Crippen LogP contribution in [0.1, 0.15) is 31.7 Å². The van der Waals surface area contributed by atoms with Crippen molar-refractivity contribution in [3.8, 4) is 0 Å². The van der Waals surface area contributed by atoms with Gasteiger partial charge < -0.3 is 10.5 Å². The van der Waals surface area contributed by atoms with Gasteiger partial charge in [0.1, 0.15) is 0 Å². The molecule has 1 aliphatic heterocycles. The van der Waals surface area contributed by atoms with E-state index in [1.165, 1.54) is 5.56 Å². The van der Waals surface area contributed by atoms with E-state index in [9.17, 15) is 4.79 Å². The van der Waals surface area contributed by atoms with E-state index < -0.39 is 0 Å². The van der Waals surface area contributed by atoms with Gasteiger partial charge in [-0.1, -0.05) is 18.2 Å². The van der Waals surface area contributed by atoms with Gasteiger partial charge in [-0.3, -0.25) is 4.90 Å². The predicted molar refractivity (Wildman–Crippen MR) is 71.8 cm³/mol. The summed E-state index contributed by atoms with van der Waals surface area (Å²) >= 11 is 0. The molecule has 0 saturated heterocycles. The van der Waals surface area contributed by atoms with Gasteiger partial charge in [-0.05, 0) is 38.4 Å². The van der Waals surface area contributed by atoms with Crippen molar-refractivity contribution in [3.05, 3.63) is 29.8 Å². The van der Waals surface area contributed by atoms with Crippen molar-refractivity contribution in [3.63, 3.8) is 0 Å². The summed E-state index contributed by atoms with van der Waals surface area (Å²) in [6.07, 6.45) is 0.526. The number of para-hydroxylation sites is 1. The summed E-state index contributed by atoms with van der Waals surface area (Å²) in [5, 5.41) is 0. The molecular weight excluding hydrogens is 228 g/mol. The number of hydrogen-bond acceptors (Lipinski definition) is 3.